The van der Waals surface area contributed by atoms with Crippen LogP contribution >= 0.6 is 11.8 Å². The third-order valence-electron chi connectivity index (χ3n) is 4.47. The summed E-state index contributed by atoms with van der Waals surface area (Å²) >= 11 is 1.35. The van der Waals surface area contributed by atoms with E-state index in [0.717, 1.165) is 17.0 Å². The molecule has 0 amide bonds. The summed E-state index contributed by atoms with van der Waals surface area (Å²) in [6, 6.07) is 18.8. The Bertz CT molecular complexity index is 1140. The van der Waals surface area contributed by atoms with Gasteiger partial charge in [0.2, 0.25) is 0 Å². The summed E-state index contributed by atoms with van der Waals surface area (Å²) in [5.41, 5.74) is 2.39. The highest BCUT2D eigenvalue weighted by Crippen LogP contribution is 2.30. The van der Waals surface area contributed by atoms with Crippen LogP contribution in [0.3, 0.4) is 0 Å². The molecule has 0 spiro atoms. The first-order valence-corrected chi connectivity index (χ1v) is 10.0. The molecule has 2 heterocycles. The summed E-state index contributed by atoms with van der Waals surface area (Å²) in [4.78, 5) is 12.7. The van der Waals surface area contributed by atoms with Crippen molar-refractivity contribution in [1.82, 2.24) is 14.8 Å². The Balaban J connectivity index is 1.65. The van der Waals surface area contributed by atoms with Crippen molar-refractivity contribution in [3.8, 4) is 22.8 Å². The summed E-state index contributed by atoms with van der Waals surface area (Å²) in [5, 5.41) is 9.36. The Kier molecular flexibility index (Phi) is 5.48. The monoisotopic (exact) mass is 405 g/mol. The Hall–Kier alpha value is -3.32. The van der Waals surface area contributed by atoms with E-state index in [9.17, 15) is 4.79 Å². The molecule has 4 aromatic rings. The van der Waals surface area contributed by atoms with Crippen LogP contribution in [0.1, 0.15) is 16.1 Å². The van der Waals surface area contributed by atoms with E-state index in [1.807, 2.05) is 60.0 Å². The second kappa shape index (κ2) is 8.36. The molecule has 0 aliphatic heterocycles. The van der Waals surface area contributed by atoms with E-state index in [-0.39, 0.29) is 11.5 Å². The van der Waals surface area contributed by atoms with E-state index >= 15 is 0 Å². The standard InChI is InChI=1S/C22H19N3O3S/c1-15-19(11-12-28-15)21-23-24-22(25(21)17-8-4-3-5-9-17)29-14-20(26)16-7-6-10-18(13-16)27-2/h3-13H,14H2,1-2H3. The fourth-order valence-electron chi connectivity index (χ4n) is 2.97. The summed E-state index contributed by atoms with van der Waals surface area (Å²) in [6.45, 7) is 1.89. The van der Waals surface area contributed by atoms with Gasteiger partial charge in [0.1, 0.15) is 11.5 Å². The minimum atomic E-state index is -0.00227. The van der Waals surface area contributed by atoms with Crippen LogP contribution in [0, 0.1) is 6.92 Å². The molecule has 2 aromatic carbocycles. The number of benzene rings is 2. The van der Waals surface area contributed by atoms with Gasteiger partial charge in [0, 0.05) is 11.3 Å². The molecule has 146 valence electrons. The number of para-hydroxylation sites is 1. The largest absolute Gasteiger partial charge is 0.497 e. The summed E-state index contributed by atoms with van der Waals surface area (Å²) in [6.07, 6.45) is 1.63. The molecule has 0 saturated heterocycles. The van der Waals surface area contributed by atoms with Gasteiger partial charge >= 0.3 is 0 Å². The quantitative estimate of drug-likeness (QED) is 0.324. The van der Waals surface area contributed by atoms with E-state index < -0.39 is 0 Å². The number of ketones is 1. The lowest BCUT2D eigenvalue weighted by Gasteiger charge is -2.10. The number of methoxy groups -OCH3 is 1. The van der Waals surface area contributed by atoms with E-state index in [1.165, 1.54) is 11.8 Å². The molecule has 4 rings (SSSR count). The molecule has 0 radical (unpaired) electrons. The number of carbonyl (C=O) groups excluding carboxylic acids is 1. The van der Waals surface area contributed by atoms with Gasteiger partial charge in [-0.05, 0) is 37.3 Å². The molecule has 0 N–H and O–H groups in total. The van der Waals surface area contributed by atoms with Gasteiger partial charge in [0.05, 0.1) is 24.7 Å². The fourth-order valence-corrected chi connectivity index (χ4v) is 3.82. The van der Waals surface area contributed by atoms with Gasteiger partial charge in [-0.25, -0.2) is 0 Å². The lowest BCUT2D eigenvalue weighted by Crippen LogP contribution is -2.05. The first-order chi connectivity index (χ1) is 14.2. The van der Waals surface area contributed by atoms with Crippen LogP contribution in [0.25, 0.3) is 17.1 Å². The Labute approximate surface area is 172 Å². The van der Waals surface area contributed by atoms with Gasteiger partial charge in [0.15, 0.2) is 16.8 Å². The van der Waals surface area contributed by atoms with E-state index in [2.05, 4.69) is 10.2 Å². The highest BCUT2D eigenvalue weighted by Gasteiger charge is 2.20. The normalized spacial score (nSPS) is 10.8. The molecule has 29 heavy (non-hydrogen) atoms. The average Bonchev–Trinajstić information content (AvgIpc) is 3.38. The molecular formula is C22H19N3O3S. The Morgan fingerprint density at radius 2 is 1.93 bits per heavy atom. The number of ether oxygens (including phenoxy) is 1. The molecule has 0 aliphatic carbocycles. The highest BCUT2D eigenvalue weighted by molar-refractivity contribution is 7.99. The van der Waals surface area contributed by atoms with Crippen LogP contribution in [0.5, 0.6) is 5.75 Å². The van der Waals surface area contributed by atoms with Crippen molar-refractivity contribution in [2.24, 2.45) is 0 Å². The fraction of sp³-hybridized carbons (Fsp3) is 0.136. The maximum absolute atomic E-state index is 12.7. The number of carbonyl (C=O) groups is 1. The molecule has 0 fully saturated rings. The van der Waals surface area contributed by atoms with Crippen molar-refractivity contribution < 1.29 is 13.9 Å². The van der Waals surface area contributed by atoms with Gasteiger partial charge in [-0.15, -0.1) is 10.2 Å². The van der Waals surface area contributed by atoms with Crippen molar-refractivity contribution in [2.75, 3.05) is 12.9 Å². The van der Waals surface area contributed by atoms with Gasteiger partial charge < -0.3 is 9.15 Å². The van der Waals surface area contributed by atoms with Crippen molar-refractivity contribution in [1.29, 1.82) is 0 Å². The molecule has 0 unspecified atom stereocenters. The predicted octanol–water partition coefficient (Wildman–Crippen LogP) is 4.82. The zero-order valence-corrected chi connectivity index (χ0v) is 16.8. The van der Waals surface area contributed by atoms with Crippen molar-refractivity contribution in [2.45, 2.75) is 12.1 Å². The number of nitrogens with zero attached hydrogens (tertiary/aromatic N) is 3. The third kappa shape index (κ3) is 3.95. The zero-order valence-electron chi connectivity index (χ0n) is 16.0. The van der Waals surface area contributed by atoms with Gasteiger partial charge in [-0.2, -0.15) is 0 Å². The maximum Gasteiger partial charge on any atom is 0.196 e. The topological polar surface area (TPSA) is 70.2 Å². The smallest absolute Gasteiger partial charge is 0.196 e. The second-order valence-electron chi connectivity index (χ2n) is 6.31. The predicted molar refractivity (Wildman–Crippen MR) is 112 cm³/mol. The number of Topliss-reactive ketones (excluding diaryl/α,β-unsaturated/α-hetero) is 1. The molecule has 0 atom stereocenters. The van der Waals surface area contributed by atoms with Crippen molar-refractivity contribution in [3.05, 3.63) is 78.3 Å². The molecule has 0 aliphatic rings. The van der Waals surface area contributed by atoms with E-state index in [0.29, 0.717) is 22.3 Å². The Morgan fingerprint density at radius 3 is 2.66 bits per heavy atom. The van der Waals surface area contributed by atoms with Crippen LogP contribution in [0.2, 0.25) is 0 Å². The first-order valence-electron chi connectivity index (χ1n) is 9.02. The summed E-state index contributed by atoms with van der Waals surface area (Å²) in [5.74, 6) is 2.34. The maximum atomic E-state index is 12.7. The first kappa shape index (κ1) is 19.0. The van der Waals surface area contributed by atoms with Crippen LogP contribution in [0.15, 0.2) is 76.5 Å². The Morgan fingerprint density at radius 1 is 1.10 bits per heavy atom. The SMILES string of the molecule is COc1cccc(C(=O)CSc2nnc(-c3ccoc3C)n2-c2ccccc2)c1. The van der Waals surface area contributed by atoms with Crippen molar-refractivity contribution >= 4 is 17.5 Å². The molecule has 0 bridgehead atoms. The second-order valence-corrected chi connectivity index (χ2v) is 7.25. The van der Waals surface area contributed by atoms with Crippen LogP contribution in [-0.4, -0.2) is 33.4 Å². The van der Waals surface area contributed by atoms with Gasteiger partial charge in [0.25, 0.3) is 0 Å². The van der Waals surface area contributed by atoms with E-state index in [4.69, 9.17) is 9.15 Å². The number of rotatable bonds is 7. The molecule has 0 saturated carbocycles. The number of aromatic nitrogens is 3. The van der Waals surface area contributed by atoms with E-state index in [1.54, 1.807) is 25.5 Å². The number of aryl methyl sites for hydroxylation is 1. The number of furan rings is 1. The van der Waals surface area contributed by atoms with Crippen LogP contribution < -0.4 is 4.74 Å². The number of thioether (sulfide) groups is 1. The molecule has 2 aromatic heterocycles. The summed E-state index contributed by atoms with van der Waals surface area (Å²) < 4.78 is 12.6. The number of hydrogen-bond donors (Lipinski definition) is 0. The zero-order chi connectivity index (χ0) is 20.2. The van der Waals surface area contributed by atoms with Crippen LogP contribution in [0.4, 0.5) is 0 Å². The van der Waals surface area contributed by atoms with Gasteiger partial charge in [-0.3, -0.25) is 9.36 Å². The summed E-state index contributed by atoms with van der Waals surface area (Å²) in [7, 11) is 1.58. The third-order valence-corrected chi connectivity index (χ3v) is 5.40. The number of hydrogen-bond acceptors (Lipinski definition) is 6. The lowest BCUT2D eigenvalue weighted by molar-refractivity contribution is 0.102. The van der Waals surface area contributed by atoms with Crippen LogP contribution in [-0.2, 0) is 0 Å². The molecule has 7 heteroatoms. The minimum absolute atomic E-state index is 0.00227. The molecule has 6 nitrogen and oxygen atoms in total. The minimum Gasteiger partial charge on any atom is -0.497 e. The molecular weight excluding hydrogens is 386 g/mol. The lowest BCUT2D eigenvalue weighted by atomic mass is 10.1. The average molecular weight is 405 g/mol. The highest BCUT2D eigenvalue weighted by atomic mass is 32.2. The van der Waals surface area contributed by atoms with Crippen molar-refractivity contribution in [3.63, 3.8) is 0 Å². The van der Waals surface area contributed by atoms with Gasteiger partial charge in [-0.1, -0.05) is 42.1 Å².